The molecule has 0 aliphatic rings. The van der Waals surface area contributed by atoms with Gasteiger partial charge in [-0.15, -0.1) is 0 Å². The lowest BCUT2D eigenvalue weighted by Gasteiger charge is -2.12. The van der Waals surface area contributed by atoms with Gasteiger partial charge in [-0.3, -0.25) is 4.68 Å². The van der Waals surface area contributed by atoms with Crippen LogP contribution in [-0.4, -0.2) is 29.4 Å². The maximum atomic E-state index is 10.2. The highest BCUT2D eigenvalue weighted by molar-refractivity contribution is 5.05. The number of aliphatic hydroxyl groups is 1. The topological polar surface area (TPSA) is 68.8 Å². The van der Waals surface area contributed by atoms with Crippen molar-refractivity contribution in [1.29, 1.82) is 0 Å². The first-order chi connectivity index (χ1) is 8.76. The van der Waals surface area contributed by atoms with E-state index in [-0.39, 0.29) is 0 Å². The molecule has 0 aliphatic carbocycles. The van der Waals surface area contributed by atoms with Gasteiger partial charge in [0.2, 0.25) is 0 Å². The highest BCUT2D eigenvalue weighted by Gasteiger charge is 2.16. The fourth-order valence-corrected chi connectivity index (χ4v) is 1.99. The number of imidazole rings is 1. The number of hydrogen-bond donors (Lipinski definition) is 1. The molecule has 0 saturated heterocycles. The van der Waals surface area contributed by atoms with Crippen molar-refractivity contribution in [2.45, 2.75) is 45.9 Å². The Morgan fingerprint density at radius 1 is 1.39 bits per heavy atom. The molecule has 0 amide bonds. The summed E-state index contributed by atoms with van der Waals surface area (Å²) in [6.07, 6.45) is 5.84. The average Bonchev–Trinajstić information content (AvgIpc) is 2.98. The first-order valence-corrected chi connectivity index (χ1v) is 6.31. The zero-order valence-electron chi connectivity index (χ0n) is 10.8. The smallest absolute Gasteiger partial charge is 0.138 e. The molecule has 0 aliphatic heterocycles. The van der Waals surface area contributed by atoms with E-state index in [2.05, 4.69) is 22.0 Å². The van der Waals surface area contributed by atoms with Crippen molar-refractivity contribution in [3.63, 3.8) is 0 Å². The molecule has 1 unspecified atom stereocenters. The summed E-state index contributed by atoms with van der Waals surface area (Å²) in [5.41, 5.74) is 0.823. The molecule has 2 rings (SSSR count). The van der Waals surface area contributed by atoms with Crippen molar-refractivity contribution in [1.82, 2.24) is 24.3 Å². The lowest BCUT2D eigenvalue weighted by Crippen LogP contribution is -2.13. The molecule has 6 heteroatoms. The summed E-state index contributed by atoms with van der Waals surface area (Å²) < 4.78 is 3.78. The van der Waals surface area contributed by atoms with Crippen LogP contribution >= 0.6 is 0 Å². The van der Waals surface area contributed by atoms with E-state index in [1.54, 1.807) is 12.5 Å². The van der Waals surface area contributed by atoms with E-state index < -0.39 is 6.10 Å². The van der Waals surface area contributed by atoms with Crippen LogP contribution in [0.5, 0.6) is 0 Å². The van der Waals surface area contributed by atoms with Gasteiger partial charge in [-0.25, -0.2) is 9.97 Å². The summed E-state index contributed by atoms with van der Waals surface area (Å²) in [6.45, 7) is 5.74. The van der Waals surface area contributed by atoms with Crippen molar-refractivity contribution in [3.8, 4) is 0 Å². The lowest BCUT2D eigenvalue weighted by atomic mass is 10.2. The Morgan fingerprint density at radius 3 is 2.94 bits per heavy atom. The van der Waals surface area contributed by atoms with Crippen molar-refractivity contribution < 1.29 is 5.11 Å². The summed E-state index contributed by atoms with van der Waals surface area (Å²) in [5, 5.41) is 14.4. The number of aryl methyl sites for hydroxylation is 2. The maximum absolute atomic E-state index is 10.2. The predicted molar refractivity (Wildman–Crippen MR) is 66.9 cm³/mol. The molecule has 0 saturated carbocycles. The average molecular weight is 249 g/mol. The van der Waals surface area contributed by atoms with Gasteiger partial charge in [0.15, 0.2) is 0 Å². The van der Waals surface area contributed by atoms with Gasteiger partial charge >= 0.3 is 0 Å². The van der Waals surface area contributed by atoms with Crippen molar-refractivity contribution in [3.05, 3.63) is 30.4 Å². The summed E-state index contributed by atoms with van der Waals surface area (Å²) >= 11 is 0. The van der Waals surface area contributed by atoms with Gasteiger partial charge in [0.05, 0.1) is 18.2 Å². The zero-order chi connectivity index (χ0) is 13.0. The highest BCUT2D eigenvalue weighted by atomic mass is 16.3. The Kier molecular flexibility index (Phi) is 4.09. The molecule has 1 atom stereocenters. The molecule has 6 nitrogen and oxygen atoms in total. The number of rotatable bonds is 6. The molecular formula is C12H19N5O. The number of aliphatic hydroxyl groups excluding tert-OH is 1. The van der Waals surface area contributed by atoms with E-state index in [0.29, 0.717) is 6.42 Å². The minimum Gasteiger partial charge on any atom is -0.386 e. The fourth-order valence-electron chi connectivity index (χ4n) is 1.99. The van der Waals surface area contributed by atoms with Gasteiger partial charge < -0.3 is 9.67 Å². The molecule has 0 spiro atoms. The zero-order valence-corrected chi connectivity index (χ0v) is 10.8. The summed E-state index contributed by atoms with van der Waals surface area (Å²) in [6, 6.07) is 0. The Bertz CT molecular complexity index is 490. The van der Waals surface area contributed by atoms with Crippen molar-refractivity contribution >= 4 is 0 Å². The van der Waals surface area contributed by atoms with E-state index in [1.807, 2.05) is 16.2 Å². The number of nitrogens with zero attached hydrogens (tertiary/aromatic N) is 5. The first kappa shape index (κ1) is 12.8. The predicted octanol–water partition coefficient (Wildman–Crippen LogP) is 1.18. The third-order valence-electron chi connectivity index (χ3n) is 2.93. The van der Waals surface area contributed by atoms with Crippen LogP contribution in [-0.2, 0) is 19.5 Å². The fraction of sp³-hybridized carbons (Fsp3) is 0.583. The third-order valence-corrected chi connectivity index (χ3v) is 2.93. The third kappa shape index (κ3) is 2.59. The molecule has 0 bridgehead atoms. The minimum atomic E-state index is -0.591. The number of aromatic nitrogens is 5. The monoisotopic (exact) mass is 249 g/mol. The molecule has 1 N–H and O–H groups in total. The normalized spacial score (nSPS) is 12.8. The quantitative estimate of drug-likeness (QED) is 0.834. The van der Waals surface area contributed by atoms with Gasteiger partial charge in [-0.2, -0.15) is 5.10 Å². The Labute approximate surface area is 106 Å². The van der Waals surface area contributed by atoms with Crippen molar-refractivity contribution in [2.75, 3.05) is 0 Å². The van der Waals surface area contributed by atoms with E-state index in [0.717, 1.165) is 31.0 Å². The molecule has 0 fully saturated rings. The van der Waals surface area contributed by atoms with Gasteiger partial charge in [-0.05, 0) is 13.3 Å². The van der Waals surface area contributed by atoms with E-state index in [1.165, 1.54) is 6.33 Å². The maximum Gasteiger partial charge on any atom is 0.138 e. The molecule has 2 heterocycles. The molecule has 0 aromatic carbocycles. The van der Waals surface area contributed by atoms with Crippen LogP contribution in [0.4, 0.5) is 0 Å². The van der Waals surface area contributed by atoms with Crippen LogP contribution in [0, 0.1) is 0 Å². The highest BCUT2D eigenvalue weighted by Crippen LogP contribution is 2.16. The van der Waals surface area contributed by atoms with Gasteiger partial charge in [-0.1, -0.05) is 6.92 Å². The molecule has 0 radical (unpaired) electrons. The molecule has 18 heavy (non-hydrogen) atoms. The summed E-state index contributed by atoms with van der Waals surface area (Å²) in [4.78, 5) is 8.26. The van der Waals surface area contributed by atoms with Crippen molar-refractivity contribution in [2.24, 2.45) is 0 Å². The van der Waals surface area contributed by atoms with Crippen LogP contribution < -0.4 is 0 Å². The standard InChI is InChI=1S/C12H19N5O/c1-3-5-17-12(14-8-15-17)6-11(18)10-7-13-9-16(10)4-2/h7-9,11,18H,3-6H2,1-2H3. The second-order valence-corrected chi connectivity index (χ2v) is 4.22. The minimum absolute atomic E-state index is 0.464. The summed E-state index contributed by atoms with van der Waals surface area (Å²) in [5.74, 6) is 0.813. The van der Waals surface area contributed by atoms with Gasteiger partial charge in [0.25, 0.3) is 0 Å². The SMILES string of the molecule is CCCn1ncnc1CC(O)c1cncn1CC. The van der Waals surface area contributed by atoms with Crippen LogP contribution in [0.15, 0.2) is 18.9 Å². The Morgan fingerprint density at radius 2 is 2.22 bits per heavy atom. The Hall–Kier alpha value is -1.69. The second kappa shape index (κ2) is 5.77. The van der Waals surface area contributed by atoms with Crippen LogP contribution in [0.3, 0.4) is 0 Å². The van der Waals surface area contributed by atoms with Gasteiger partial charge in [0, 0.05) is 19.5 Å². The second-order valence-electron chi connectivity index (χ2n) is 4.22. The molecule has 2 aromatic rings. The molecular weight excluding hydrogens is 230 g/mol. The Balaban J connectivity index is 2.11. The van der Waals surface area contributed by atoms with Crippen LogP contribution in [0.25, 0.3) is 0 Å². The van der Waals surface area contributed by atoms with Crippen LogP contribution in [0.1, 0.15) is 37.9 Å². The lowest BCUT2D eigenvalue weighted by molar-refractivity contribution is 0.164. The van der Waals surface area contributed by atoms with E-state index in [9.17, 15) is 5.11 Å². The van der Waals surface area contributed by atoms with Crippen LogP contribution in [0.2, 0.25) is 0 Å². The molecule has 2 aromatic heterocycles. The number of hydrogen-bond acceptors (Lipinski definition) is 4. The molecule has 98 valence electrons. The van der Waals surface area contributed by atoms with Gasteiger partial charge in [0.1, 0.15) is 18.3 Å². The largest absolute Gasteiger partial charge is 0.386 e. The van der Waals surface area contributed by atoms with E-state index in [4.69, 9.17) is 0 Å². The van der Waals surface area contributed by atoms with E-state index >= 15 is 0 Å². The first-order valence-electron chi connectivity index (χ1n) is 6.31. The summed E-state index contributed by atoms with van der Waals surface area (Å²) in [7, 11) is 0.